The van der Waals surface area contributed by atoms with Crippen molar-refractivity contribution in [1.29, 1.82) is 0 Å². The first-order valence-corrected chi connectivity index (χ1v) is 8.41. The Balaban J connectivity index is 2.02. The van der Waals surface area contributed by atoms with Crippen molar-refractivity contribution in [2.75, 3.05) is 6.54 Å². The molecule has 1 saturated carbocycles. The zero-order valence-corrected chi connectivity index (χ0v) is 12.1. The second-order valence-corrected chi connectivity index (χ2v) is 7.15. The zero-order valence-electron chi connectivity index (χ0n) is 11.3. The first-order chi connectivity index (χ1) is 9.00. The van der Waals surface area contributed by atoms with Crippen LogP contribution in [0.5, 0.6) is 0 Å². The first-order valence-electron chi connectivity index (χ1n) is 6.76. The molecule has 1 fully saturated rings. The summed E-state index contributed by atoms with van der Waals surface area (Å²) in [7, 11) is -3.28. The van der Waals surface area contributed by atoms with Crippen molar-refractivity contribution in [3.63, 3.8) is 0 Å². The maximum absolute atomic E-state index is 12.2. The van der Waals surface area contributed by atoms with Crippen LogP contribution in [0, 0.1) is 12.8 Å². The number of hydrogen-bond donors (Lipinski definition) is 2. The summed E-state index contributed by atoms with van der Waals surface area (Å²) in [6.07, 6.45) is 2.97. The van der Waals surface area contributed by atoms with Gasteiger partial charge in [-0.2, -0.15) is 0 Å². The quantitative estimate of drug-likeness (QED) is 0.860. The molecule has 3 N–H and O–H groups in total. The normalized spacial score (nSPS) is 23.7. The highest BCUT2D eigenvalue weighted by Crippen LogP contribution is 2.25. The third kappa shape index (κ3) is 4.03. The summed E-state index contributed by atoms with van der Waals surface area (Å²) in [6, 6.07) is 7.62. The molecule has 0 radical (unpaired) electrons. The number of nitrogens with one attached hydrogen (secondary N) is 1. The van der Waals surface area contributed by atoms with Gasteiger partial charge in [-0.15, -0.1) is 0 Å². The van der Waals surface area contributed by atoms with Gasteiger partial charge < -0.3 is 5.73 Å². The molecular weight excluding hydrogens is 260 g/mol. The summed E-state index contributed by atoms with van der Waals surface area (Å²) < 4.78 is 27.2. The van der Waals surface area contributed by atoms with Crippen LogP contribution in [0.3, 0.4) is 0 Å². The molecule has 0 aromatic heterocycles. The van der Waals surface area contributed by atoms with Crippen LogP contribution in [-0.4, -0.2) is 21.0 Å². The maximum Gasteiger partial charge on any atom is 0.216 e. The molecule has 106 valence electrons. The molecule has 2 unspecified atom stereocenters. The number of sulfonamides is 1. The van der Waals surface area contributed by atoms with E-state index in [4.69, 9.17) is 5.73 Å². The Morgan fingerprint density at radius 2 is 2.16 bits per heavy atom. The molecular formula is C14H22N2O2S. The Labute approximate surface area is 115 Å². The minimum Gasteiger partial charge on any atom is -0.330 e. The van der Waals surface area contributed by atoms with Crippen molar-refractivity contribution in [2.24, 2.45) is 11.7 Å². The monoisotopic (exact) mass is 282 g/mol. The molecule has 0 bridgehead atoms. The fraction of sp³-hybridized carbons (Fsp3) is 0.571. The molecule has 0 heterocycles. The lowest BCUT2D eigenvalue weighted by atomic mass is 10.1. The summed E-state index contributed by atoms with van der Waals surface area (Å²) in [5, 5.41) is 0. The van der Waals surface area contributed by atoms with Crippen LogP contribution in [-0.2, 0) is 15.8 Å². The molecule has 1 aromatic carbocycles. The molecule has 1 aromatic rings. The van der Waals surface area contributed by atoms with Gasteiger partial charge in [-0.1, -0.05) is 36.2 Å². The van der Waals surface area contributed by atoms with Gasteiger partial charge in [-0.05, 0) is 37.8 Å². The molecule has 5 heteroatoms. The van der Waals surface area contributed by atoms with E-state index in [1.807, 2.05) is 31.2 Å². The van der Waals surface area contributed by atoms with Crippen molar-refractivity contribution < 1.29 is 8.42 Å². The number of rotatable bonds is 5. The summed E-state index contributed by atoms with van der Waals surface area (Å²) >= 11 is 0. The van der Waals surface area contributed by atoms with Crippen LogP contribution < -0.4 is 10.5 Å². The van der Waals surface area contributed by atoms with Gasteiger partial charge in [0.1, 0.15) is 0 Å². The van der Waals surface area contributed by atoms with E-state index in [0.29, 0.717) is 6.54 Å². The van der Waals surface area contributed by atoms with Gasteiger partial charge in [-0.3, -0.25) is 0 Å². The van der Waals surface area contributed by atoms with E-state index in [9.17, 15) is 8.42 Å². The minimum absolute atomic E-state index is 0.0137. The highest BCUT2D eigenvalue weighted by atomic mass is 32.2. The number of aryl methyl sites for hydroxylation is 1. The molecule has 0 saturated heterocycles. The molecule has 1 aliphatic carbocycles. The van der Waals surface area contributed by atoms with E-state index in [2.05, 4.69) is 4.72 Å². The molecule has 0 aliphatic heterocycles. The predicted molar refractivity (Wildman–Crippen MR) is 77.1 cm³/mol. The van der Waals surface area contributed by atoms with Crippen molar-refractivity contribution in [3.05, 3.63) is 35.4 Å². The van der Waals surface area contributed by atoms with Gasteiger partial charge in [0.05, 0.1) is 5.75 Å². The molecule has 2 atom stereocenters. The van der Waals surface area contributed by atoms with Crippen molar-refractivity contribution in [2.45, 2.75) is 38.0 Å². The molecule has 0 spiro atoms. The van der Waals surface area contributed by atoms with E-state index in [1.54, 1.807) is 0 Å². The lowest BCUT2D eigenvalue weighted by Crippen LogP contribution is -2.40. The maximum atomic E-state index is 12.2. The molecule has 0 amide bonds. The Kier molecular flexibility index (Phi) is 4.60. The van der Waals surface area contributed by atoms with E-state index >= 15 is 0 Å². The Bertz CT molecular complexity index is 528. The van der Waals surface area contributed by atoms with Crippen LogP contribution >= 0.6 is 0 Å². The average molecular weight is 282 g/mol. The highest BCUT2D eigenvalue weighted by molar-refractivity contribution is 7.88. The Morgan fingerprint density at radius 3 is 2.84 bits per heavy atom. The lowest BCUT2D eigenvalue weighted by Gasteiger charge is -2.19. The third-order valence-electron chi connectivity index (χ3n) is 3.73. The first kappa shape index (κ1) is 14.5. The fourth-order valence-corrected chi connectivity index (χ4v) is 4.24. The van der Waals surface area contributed by atoms with E-state index < -0.39 is 10.0 Å². The van der Waals surface area contributed by atoms with E-state index in [0.717, 1.165) is 30.4 Å². The van der Waals surface area contributed by atoms with Crippen LogP contribution in [0.1, 0.15) is 30.4 Å². The van der Waals surface area contributed by atoms with Crippen molar-refractivity contribution in [3.8, 4) is 0 Å². The number of benzene rings is 1. The molecule has 1 aliphatic rings. The van der Waals surface area contributed by atoms with Crippen LogP contribution in [0.2, 0.25) is 0 Å². The summed E-state index contributed by atoms with van der Waals surface area (Å²) in [5.74, 6) is 0.329. The standard InChI is InChI=1S/C14H22N2O2S/c1-11-4-2-5-12(8-11)10-19(17,18)16-14-7-3-6-13(14)9-15/h2,4-5,8,13-14,16H,3,6-7,9-10,15H2,1H3. The molecule has 19 heavy (non-hydrogen) atoms. The second kappa shape index (κ2) is 6.03. The Morgan fingerprint density at radius 1 is 1.37 bits per heavy atom. The van der Waals surface area contributed by atoms with Gasteiger partial charge in [-0.25, -0.2) is 13.1 Å². The molecule has 4 nitrogen and oxygen atoms in total. The van der Waals surface area contributed by atoms with Gasteiger partial charge in [0.2, 0.25) is 10.0 Å². The van der Waals surface area contributed by atoms with Gasteiger partial charge >= 0.3 is 0 Å². The smallest absolute Gasteiger partial charge is 0.216 e. The zero-order chi connectivity index (χ0) is 13.9. The third-order valence-corrected chi connectivity index (χ3v) is 5.11. The highest BCUT2D eigenvalue weighted by Gasteiger charge is 2.29. The van der Waals surface area contributed by atoms with Crippen LogP contribution in [0.15, 0.2) is 24.3 Å². The Hall–Kier alpha value is -0.910. The topological polar surface area (TPSA) is 72.2 Å². The fourth-order valence-electron chi connectivity index (χ4n) is 2.77. The second-order valence-electron chi connectivity index (χ2n) is 5.40. The average Bonchev–Trinajstić information content (AvgIpc) is 2.74. The van der Waals surface area contributed by atoms with Gasteiger partial charge in [0.15, 0.2) is 0 Å². The van der Waals surface area contributed by atoms with E-state index in [1.165, 1.54) is 0 Å². The largest absolute Gasteiger partial charge is 0.330 e. The summed E-state index contributed by atoms with van der Waals surface area (Å²) in [5.41, 5.74) is 7.59. The minimum atomic E-state index is -3.28. The van der Waals surface area contributed by atoms with Crippen molar-refractivity contribution in [1.82, 2.24) is 4.72 Å². The molecule has 2 rings (SSSR count). The number of hydrogen-bond acceptors (Lipinski definition) is 3. The lowest BCUT2D eigenvalue weighted by molar-refractivity contribution is 0.452. The van der Waals surface area contributed by atoms with Crippen molar-refractivity contribution >= 4 is 10.0 Å². The van der Waals surface area contributed by atoms with Gasteiger partial charge in [0, 0.05) is 6.04 Å². The SMILES string of the molecule is Cc1cccc(CS(=O)(=O)NC2CCCC2CN)c1. The van der Waals surface area contributed by atoms with Crippen LogP contribution in [0.4, 0.5) is 0 Å². The van der Waals surface area contributed by atoms with Crippen LogP contribution in [0.25, 0.3) is 0 Å². The number of nitrogens with two attached hydrogens (primary N) is 1. The summed E-state index contributed by atoms with van der Waals surface area (Å²) in [4.78, 5) is 0. The summed E-state index contributed by atoms with van der Waals surface area (Å²) in [6.45, 7) is 2.52. The predicted octanol–water partition coefficient (Wildman–Crippen LogP) is 1.54. The van der Waals surface area contributed by atoms with E-state index in [-0.39, 0.29) is 17.7 Å². The van der Waals surface area contributed by atoms with Gasteiger partial charge in [0.25, 0.3) is 0 Å².